The van der Waals surface area contributed by atoms with Gasteiger partial charge in [0.25, 0.3) is 0 Å². The molecule has 0 bridgehead atoms. The van der Waals surface area contributed by atoms with Gasteiger partial charge in [0.05, 0.1) is 0 Å². The van der Waals surface area contributed by atoms with E-state index in [1.165, 1.54) is 0 Å². The SMILES string of the molecule is C=C1C(C)=CC(Cl)N1COC. The Morgan fingerprint density at radius 1 is 1.82 bits per heavy atom. The first-order chi connectivity index (χ1) is 5.16. The molecule has 3 heteroatoms. The summed E-state index contributed by atoms with van der Waals surface area (Å²) in [6.45, 7) is 6.37. The number of methoxy groups -OCH3 is 1. The van der Waals surface area contributed by atoms with Crippen molar-refractivity contribution in [1.82, 2.24) is 4.90 Å². The van der Waals surface area contributed by atoms with E-state index < -0.39 is 0 Å². The first-order valence-electron chi connectivity index (χ1n) is 3.44. The zero-order valence-corrected chi connectivity index (χ0v) is 7.56. The molecule has 1 unspecified atom stereocenters. The largest absolute Gasteiger partial charge is 0.364 e. The minimum absolute atomic E-state index is 0.0950. The summed E-state index contributed by atoms with van der Waals surface area (Å²) < 4.78 is 4.96. The molecule has 0 spiro atoms. The van der Waals surface area contributed by atoms with Gasteiger partial charge in [0, 0.05) is 12.8 Å². The molecule has 1 atom stereocenters. The molecule has 0 N–H and O–H groups in total. The third kappa shape index (κ3) is 1.57. The number of halogens is 1. The van der Waals surface area contributed by atoms with Gasteiger partial charge < -0.3 is 9.64 Å². The number of hydrogen-bond acceptors (Lipinski definition) is 2. The van der Waals surface area contributed by atoms with Crippen LogP contribution in [0.15, 0.2) is 23.9 Å². The zero-order chi connectivity index (χ0) is 8.43. The molecule has 11 heavy (non-hydrogen) atoms. The third-order valence-corrected chi connectivity index (χ3v) is 2.12. The molecule has 0 radical (unpaired) electrons. The van der Waals surface area contributed by atoms with E-state index in [9.17, 15) is 0 Å². The summed E-state index contributed by atoms with van der Waals surface area (Å²) in [5.41, 5.74) is 1.98. The summed E-state index contributed by atoms with van der Waals surface area (Å²) in [6, 6.07) is 0. The Morgan fingerprint density at radius 2 is 2.45 bits per heavy atom. The molecule has 0 saturated carbocycles. The number of hydrogen-bond donors (Lipinski definition) is 0. The van der Waals surface area contributed by atoms with Crippen LogP contribution in [0.1, 0.15) is 6.92 Å². The fourth-order valence-corrected chi connectivity index (χ4v) is 1.42. The highest BCUT2D eigenvalue weighted by atomic mass is 35.5. The monoisotopic (exact) mass is 173 g/mol. The van der Waals surface area contributed by atoms with Crippen molar-refractivity contribution in [2.45, 2.75) is 12.4 Å². The lowest BCUT2D eigenvalue weighted by Crippen LogP contribution is -2.26. The summed E-state index contributed by atoms with van der Waals surface area (Å²) in [7, 11) is 1.64. The molecule has 62 valence electrons. The molecule has 1 aliphatic heterocycles. The maximum Gasteiger partial charge on any atom is 0.125 e. The van der Waals surface area contributed by atoms with Crippen molar-refractivity contribution in [3.8, 4) is 0 Å². The van der Waals surface area contributed by atoms with Crippen molar-refractivity contribution in [3.05, 3.63) is 23.9 Å². The minimum atomic E-state index is -0.0950. The molecule has 1 rings (SSSR count). The fourth-order valence-electron chi connectivity index (χ4n) is 1.06. The quantitative estimate of drug-likeness (QED) is 0.468. The molecule has 1 heterocycles. The number of allylic oxidation sites excluding steroid dienone is 1. The Bertz CT molecular complexity index is 200. The van der Waals surface area contributed by atoms with E-state index in [0.717, 1.165) is 11.3 Å². The number of rotatable bonds is 2. The van der Waals surface area contributed by atoms with Gasteiger partial charge in [-0.05, 0) is 18.6 Å². The Hall–Kier alpha value is -0.470. The van der Waals surface area contributed by atoms with E-state index in [1.54, 1.807) is 7.11 Å². The lowest BCUT2D eigenvalue weighted by Gasteiger charge is -2.22. The van der Waals surface area contributed by atoms with Crippen LogP contribution in [0.5, 0.6) is 0 Å². The number of ether oxygens (including phenoxy) is 1. The molecule has 0 fully saturated rings. The summed E-state index contributed by atoms with van der Waals surface area (Å²) in [5, 5.41) is 0. The molecule has 0 aliphatic carbocycles. The van der Waals surface area contributed by atoms with Crippen LogP contribution >= 0.6 is 11.6 Å². The highest BCUT2D eigenvalue weighted by molar-refractivity contribution is 6.22. The molecule has 0 amide bonds. The third-order valence-electron chi connectivity index (χ3n) is 1.76. The Morgan fingerprint density at radius 3 is 2.82 bits per heavy atom. The zero-order valence-electron chi connectivity index (χ0n) is 6.80. The fraction of sp³-hybridized carbons (Fsp3) is 0.500. The standard InChI is InChI=1S/C8H12ClNO/c1-6-4-8(9)10(5-11-3)7(6)2/h4,8H,2,5H2,1,3H3. The second-order valence-corrected chi connectivity index (χ2v) is 3.00. The lowest BCUT2D eigenvalue weighted by molar-refractivity contribution is 0.0934. The summed E-state index contributed by atoms with van der Waals surface area (Å²) in [6.07, 6.45) is 1.96. The van der Waals surface area contributed by atoms with Crippen LogP contribution < -0.4 is 0 Å². The van der Waals surface area contributed by atoms with E-state index in [4.69, 9.17) is 16.3 Å². The van der Waals surface area contributed by atoms with Crippen LogP contribution in [0.4, 0.5) is 0 Å². The van der Waals surface area contributed by atoms with E-state index >= 15 is 0 Å². The first kappa shape index (κ1) is 8.62. The maximum absolute atomic E-state index is 5.96. The van der Waals surface area contributed by atoms with Crippen LogP contribution in [-0.4, -0.2) is 24.2 Å². The average Bonchev–Trinajstić information content (AvgIpc) is 2.17. The smallest absolute Gasteiger partial charge is 0.125 e. The first-order valence-corrected chi connectivity index (χ1v) is 3.88. The Kier molecular flexibility index (Phi) is 2.58. The van der Waals surface area contributed by atoms with Gasteiger partial charge in [0.1, 0.15) is 12.2 Å². The lowest BCUT2D eigenvalue weighted by atomic mass is 10.3. The highest BCUT2D eigenvalue weighted by Gasteiger charge is 2.22. The molecule has 0 aromatic rings. The van der Waals surface area contributed by atoms with Gasteiger partial charge in [0.15, 0.2) is 0 Å². The molecule has 0 aromatic heterocycles. The van der Waals surface area contributed by atoms with Crippen molar-refractivity contribution in [2.24, 2.45) is 0 Å². The van der Waals surface area contributed by atoms with Gasteiger partial charge in [-0.3, -0.25) is 0 Å². The molecule has 2 nitrogen and oxygen atoms in total. The van der Waals surface area contributed by atoms with Crippen LogP contribution in [0.25, 0.3) is 0 Å². The van der Waals surface area contributed by atoms with Gasteiger partial charge in [-0.25, -0.2) is 0 Å². The summed E-state index contributed by atoms with van der Waals surface area (Å²) in [5.74, 6) is 0. The molecule has 1 aliphatic rings. The second kappa shape index (κ2) is 3.28. The molecule has 0 aromatic carbocycles. The van der Waals surface area contributed by atoms with Crippen LogP contribution in [0, 0.1) is 0 Å². The normalized spacial score (nSPS) is 24.3. The van der Waals surface area contributed by atoms with E-state index in [1.807, 2.05) is 17.9 Å². The number of alkyl halides is 1. The van der Waals surface area contributed by atoms with Crippen LogP contribution in [0.2, 0.25) is 0 Å². The van der Waals surface area contributed by atoms with E-state index in [0.29, 0.717) is 6.73 Å². The Labute approximate surface area is 72.1 Å². The van der Waals surface area contributed by atoms with Crippen molar-refractivity contribution >= 4 is 11.6 Å². The highest BCUT2D eigenvalue weighted by Crippen LogP contribution is 2.27. The van der Waals surface area contributed by atoms with Crippen molar-refractivity contribution in [1.29, 1.82) is 0 Å². The molecular weight excluding hydrogens is 162 g/mol. The summed E-state index contributed by atoms with van der Waals surface area (Å²) in [4.78, 5) is 1.90. The van der Waals surface area contributed by atoms with Gasteiger partial charge in [0.2, 0.25) is 0 Å². The summed E-state index contributed by atoms with van der Waals surface area (Å²) >= 11 is 5.96. The van der Waals surface area contributed by atoms with Gasteiger partial charge in [-0.15, -0.1) is 0 Å². The van der Waals surface area contributed by atoms with Gasteiger partial charge >= 0.3 is 0 Å². The second-order valence-electron chi connectivity index (χ2n) is 2.56. The van der Waals surface area contributed by atoms with Crippen LogP contribution in [-0.2, 0) is 4.74 Å². The van der Waals surface area contributed by atoms with Crippen LogP contribution in [0.3, 0.4) is 0 Å². The predicted octanol–water partition coefficient (Wildman–Crippen LogP) is 1.93. The van der Waals surface area contributed by atoms with E-state index in [2.05, 4.69) is 6.58 Å². The molecule has 0 saturated heterocycles. The average molecular weight is 174 g/mol. The topological polar surface area (TPSA) is 12.5 Å². The van der Waals surface area contributed by atoms with Crippen molar-refractivity contribution in [3.63, 3.8) is 0 Å². The van der Waals surface area contributed by atoms with E-state index in [-0.39, 0.29) is 5.50 Å². The number of nitrogens with zero attached hydrogens (tertiary/aromatic N) is 1. The Balaban J connectivity index is 2.64. The minimum Gasteiger partial charge on any atom is -0.364 e. The van der Waals surface area contributed by atoms with Crippen molar-refractivity contribution < 1.29 is 4.74 Å². The van der Waals surface area contributed by atoms with Gasteiger partial charge in [-0.1, -0.05) is 18.2 Å². The van der Waals surface area contributed by atoms with Crippen molar-refractivity contribution in [2.75, 3.05) is 13.8 Å². The predicted molar refractivity (Wildman–Crippen MR) is 46.3 cm³/mol. The van der Waals surface area contributed by atoms with Gasteiger partial charge in [-0.2, -0.15) is 0 Å². The molecular formula is C8H12ClNO. The maximum atomic E-state index is 5.96.